The number of rotatable bonds is 1. The van der Waals surface area contributed by atoms with Crippen LogP contribution in [0, 0.1) is 5.82 Å². The van der Waals surface area contributed by atoms with Crippen LogP contribution in [0.1, 0.15) is 0 Å². The maximum atomic E-state index is 13.2. The minimum absolute atomic E-state index is 0.193. The van der Waals surface area contributed by atoms with Crippen molar-refractivity contribution in [1.82, 2.24) is 10.3 Å². The Morgan fingerprint density at radius 1 is 1.17 bits per heavy atom. The van der Waals surface area contributed by atoms with Crippen LogP contribution in [0.2, 0.25) is 0 Å². The van der Waals surface area contributed by atoms with Gasteiger partial charge in [0.15, 0.2) is 0 Å². The molecule has 94 valence electrons. The Morgan fingerprint density at radius 2 is 1.94 bits per heavy atom. The number of benzene rings is 1. The lowest BCUT2D eigenvalue weighted by molar-refractivity contribution is 0.590. The van der Waals surface area contributed by atoms with Gasteiger partial charge in [0.1, 0.15) is 5.82 Å². The van der Waals surface area contributed by atoms with Gasteiger partial charge in [0, 0.05) is 37.6 Å². The second-order valence-corrected chi connectivity index (χ2v) is 4.45. The zero-order valence-electron chi connectivity index (χ0n) is 9.87. The van der Waals surface area contributed by atoms with Crippen molar-refractivity contribution in [3.05, 3.63) is 40.4 Å². The first-order valence-electron chi connectivity index (χ1n) is 6.02. The van der Waals surface area contributed by atoms with Crippen molar-refractivity contribution in [3.63, 3.8) is 0 Å². The Balaban J connectivity index is 2.17. The summed E-state index contributed by atoms with van der Waals surface area (Å²) in [6.07, 6.45) is 0. The van der Waals surface area contributed by atoms with Crippen molar-refractivity contribution >= 4 is 16.6 Å². The minimum atomic E-state index is -0.337. The minimum Gasteiger partial charge on any atom is -0.368 e. The van der Waals surface area contributed by atoms with Crippen molar-refractivity contribution in [2.45, 2.75) is 0 Å². The molecular formula is C13H14FN3O. The van der Waals surface area contributed by atoms with E-state index < -0.39 is 0 Å². The third-order valence-electron chi connectivity index (χ3n) is 3.24. The van der Waals surface area contributed by atoms with Gasteiger partial charge in [-0.2, -0.15) is 0 Å². The number of aromatic nitrogens is 1. The molecule has 0 bridgehead atoms. The van der Waals surface area contributed by atoms with E-state index in [1.165, 1.54) is 12.1 Å². The van der Waals surface area contributed by atoms with Gasteiger partial charge in [0.25, 0.3) is 0 Å². The summed E-state index contributed by atoms with van der Waals surface area (Å²) in [4.78, 5) is 16.5. The quantitative estimate of drug-likeness (QED) is 0.792. The van der Waals surface area contributed by atoms with Crippen LogP contribution in [0.3, 0.4) is 0 Å². The Labute approximate surface area is 103 Å². The molecule has 0 radical (unpaired) electrons. The van der Waals surface area contributed by atoms with E-state index in [-0.39, 0.29) is 11.4 Å². The molecule has 3 rings (SSSR count). The summed E-state index contributed by atoms with van der Waals surface area (Å²) in [5, 5.41) is 4.16. The van der Waals surface area contributed by atoms with Crippen molar-refractivity contribution < 1.29 is 4.39 Å². The molecule has 4 nitrogen and oxygen atoms in total. The van der Waals surface area contributed by atoms with Gasteiger partial charge in [0.2, 0.25) is 5.56 Å². The average Bonchev–Trinajstić information content (AvgIpc) is 2.38. The molecule has 1 aromatic carbocycles. The smallest absolute Gasteiger partial charge is 0.250 e. The number of hydrogen-bond acceptors (Lipinski definition) is 3. The van der Waals surface area contributed by atoms with E-state index in [1.54, 1.807) is 12.1 Å². The maximum Gasteiger partial charge on any atom is 0.250 e. The summed E-state index contributed by atoms with van der Waals surface area (Å²) in [5.74, 6) is -0.337. The van der Waals surface area contributed by atoms with E-state index in [0.717, 1.165) is 37.3 Å². The maximum absolute atomic E-state index is 13.2. The van der Waals surface area contributed by atoms with Crippen molar-refractivity contribution in [2.75, 3.05) is 31.1 Å². The molecule has 2 aromatic rings. The van der Waals surface area contributed by atoms with Crippen LogP contribution in [0.25, 0.3) is 10.9 Å². The molecule has 0 unspecified atom stereocenters. The number of nitrogens with one attached hydrogen (secondary N) is 2. The zero-order chi connectivity index (χ0) is 12.5. The number of anilines is 1. The van der Waals surface area contributed by atoms with Crippen LogP contribution in [-0.4, -0.2) is 31.2 Å². The van der Waals surface area contributed by atoms with Crippen LogP contribution in [-0.2, 0) is 0 Å². The van der Waals surface area contributed by atoms with Gasteiger partial charge in [-0.25, -0.2) is 4.39 Å². The third kappa shape index (κ3) is 1.97. The first-order valence-corrected chi connectivity index (χ1v) is 6.02. The topological polar surface area (TPSA) is 48.1 Å². The molecule has 2 heterocycles. The van der Waals surface area contributed by atoms with Crippen molar-refractivity contribution in [3.8, 4) is 0 Å². The summed E-state index contributed by atoms with van der Waals surface area (Å²) in [5.41, 5.74) is 1.24. The highest BCUT2D eigenvalue weighted by Gasteiger charge is 2.14. The van der Waals surface area contributed by atoms with Gasteiger partial charge in [-0.05, 0) is 18.2 Å². The number of H-pyrrole nitrogens is 1. The van der Waals surface area contributed by atoms with Gasteiger partial charge in [-0.15, -0.1) is 0 Å². The predicted octanol–water partition coefficient (Wildman–Crippen LogP) is 1.08. The van der Waals surface area contributed by atoms with Crippen LogP contribution < -0.4 is 15.8 Å². The molecule has 0 aliphatic carbocycles. The molecule has 1 aliphatic heterocycles. The lowest BCUT2D eigenvalue weighted by Crippen LogP contribution is -2.43. The second-order valence-electron chi connectivity index (χ2n) is 4.45. The molecule has 0 atom stereocenters. The number of aromatic amines is 1. The fraction of sp³-hybridized carbons (Fsp3) is 0.308. The van der Waals surface area contributed by atoms with Gasteiger partial charge < -0.3 is 15.2 Å². The molecule has 0 saturated carbocycles. The van der Waals surface area contributed by atoms with Gasteiger partial charge in [-0.1, -0.05) is 0 Å². The number of piperazine rings is 1. The molecule has 0 amide bonds. The van der Waals surface area contributed by atoms with Crippen LogP contribution >= 0.6 is 0 Å². The normalized spacial score (nSPS) is 16.2. The highest BCUT2D eigenvalue weighted by Crippen LogP contribution is 2.24. The monoisotopic (exact) mass is 247 g/mol. The number of halogens is 1. The van der Waals surface area contributed by atoms with Gasteiger partial charge >= 0.3 is 0 Å². The molecule has 1 aromatic heterocycles. The fourth-order valence-electron chi connectivity index (χ4n) is 2.38. The van der Waals surface area contributed by atoms with E-state index in [1.807, 2.05) is 0 Å². The van der Waals surface area contributed by atoms with E-state index in [4.69, 9.17) is 0 Å². The fourth-order valence-corrected chi connectivity index (χ4v) is 2.38. The standard InChI is InChI=1S/C13H14FN3O/c14-9-1-2-10-11(7-9)16-13(18)8-12(10)17-5-3-15-4-6-17/h1-2,7-8,15H,3-6H2,(H,16,18). The summed E-state index contributed by atoms with van der Waals surface area (Å²) in [6.45, 7) is 3.51. The summed E-state index contributed by atoms with van der Waals surface area (Å²) in [7, 11) is 0. The first-order chi connectivity index (χ1) is 8.74. The van der Waals surface area contributed by atoms with E-state index in [9.17, 15) is 9.18 Å². The Hall–Kier alpha value is -1.88. The molecule has 5 heteroatoms. The second kappa shape index (κ2) is 4.42. The predicted molar refractivity (Wildman–Crippen MR) is 69.6 cm³/mol. The van der Waals surface area contributed by atoms with E-state index in [2.05, 4.69) is 15.2 Å². The molecule has 1 fully saturated rings. The molecule has 2 N–H and O–H groups in total. The third-order valence-corrected chi connectivity index (χ3v) is 3.24. The van der Waals surface area contributed by atoms with Gasteiger partial charge in [-0.3, -0.25) is 4.79 Å². The molecule has 1 aliphatic rings. The zero-order valence-corrected chi connectivity index (χ0v) is 9.87. The summed E-state index contributed by atoms with van der Waals surface area (Å²) < 4.78 is 13.2. The lowest BCUT2D eigenvalue weighted by Gasteiger charge is -2.30. The van der Waals surface area contributed by atoms with Crippen LogP contribution in [0.4, 0.5) is 10.1 Å². The Kier molecular flexibility index (Phi) is 2.76. The number of hydrogen-bond donors (Lipinski definition) is 2. The van der Waals surface area contributed by atoms with Crippen molar-refractivity contribution in [1.29, 1.82) is 0 Å². The van der Waals surface area contributed by atoms with Crippen LogP contribution in [0.15, 0.2) is 29.1 Å². The number of pyridine rings is 1. The Bertz CT molecular complexity index is 632. The molecule has 1 saturated heterocycles. The lowest BCUT2D eigenvalue weighted by atomic mass is 10.1. The highest BCUT2D eigenvalue weighted by atomic mass is 19.1. The molecule has 0 spiro atoms. The number of nitrogens with zero attached hydrogens (tertiary/aromatic N) is 1. The van der Waals surface area contributed by atoms with E-state index in [0.29, 0.717) is 5.52 Å². The number of fused-ring (bicyclic) bond motifs is 1. The molecular weight excluding hydrogens is 233 g/mol. The van der Waals surface area contributed by atoms with Crippen LogP contribution in [0.5, 0.6) is 0 Å². The van der Waals surface area contributed by atoms with Crippen molar-refractivity contribution in [2.24, 2.45) is 0 Å². The highest BCUT2D eigenvalue weighted by molar-refractivity contribution is 5.91. The first kappa shape index (κ1) is 11.2. The SMILES string of the molecule is O=c1cc(N2CCNCC2)c2ccc(F)cc2[nH]1. The molecule has 18 heavy (non-hydrogen) atoms. The summed E-state index contributed by atoms with van der Waals surface area (Å²) >= 11 is 0. The largest absolute Gasteiger partial charge is 0.368 e. The summed E-state index contributed by atoms with van der Waals surface area (Å²) in [6, 6.07) is 6.10. The average molecular weight is 247 g/mol. The Morgan fingerprint density at radius 3 is 2.72 bits per heavy atom. The van der Waals surface area contributed by atoms with E-state index >= 15 is 0 Å². The van der Waals surface area contributed by atoms with Gasteiger partial charge in [0.05, 0.1) is 11.2 Å².